The summed E-state index contributed by atoms with van der Waals surface area (Å²) in [6, 6.07) is 1.68. The van der Waals surface area contributed by atoms with Gasteiger partial charge in [-0.15, -0.1) is 0 Å². The molecule has 1 aromatic heterocycles. The van der Waals surface area contributed by atoms with E-state index in [1.807, 2.05) is 0 Å². The zero-order valence-corrected chi connectivity index (χ0v) is 7.16. The molecule has 0 bridgehead atoms. The Hall–Kier alpha value is -1.16. The molecule has 2 rings (SSSR count). The maximum absolute atomic E-state index is 13.1. The number of hydrogen-bond acceptors (Lipinski definition) is 3. The number of aromatic nitrogens is 1. The van der Waals surface area contributed by atoms with Gasteiger partial charge in [-0.3, -0.25) is 0 Å². The van der Waals surface area contributed by atoms with E-state index in [1.165, 1.54) is 6.20 Å². The minimum absolute atomic E-state index is 0.170. The first-order chi connectivity index (χ1) is 6.31. The van der Waals surface area contributed by atoms with Gasteiger partial charge in [0, 0.05) is 18.3 Å². The van der Waals surface area contributed by atoms with Crippen LogP contribution in [0, 0.1) is 5.95 Å². The van der Waals surface area contributed by atoms with Gasteiger partial charge in [-0.05, 0) is 18.9 Å². The molecule has 0 aliphatic heterocycles. The van der Waals surface area contributed by atoms with Gasteiger partial charge >= 0.3 is 0 Å². The lowest BCUT2D eigenvalue weighted by atomic mass is 10.2. The van der Waals surface area contributed by atoms with Crippen molar-refractivity contribution < 1.29 is 9.13 Å². The zero-order valence-electron chi connectivity index (χ0n) is 7.16. The van der Waals surface area contributed by atoms with Crippen LogP contribution in [0.2, 0.25) is 0 Å². The second-order valence-corrected chi connectivity index (χ2v) is 3.11. The summed E-state index contributed by atoms with van der Waals surface area (Å²) in [7, 11) is 0. The predicted octanol–water partition coefficient (Wildman–Crippen LogP) is 1.22. The topological polar surface area (TPSA) is 48.1 Å². The average Bonchev–Trinajstić information content (AvgIpc) is 2.92. The van der Waals surface area contributed by atoms with Crippen LogP contribution in [-0.2, 0) is 6.54 Å². The van der Waals surface area contributed by atoms with Crippen LogP contribution in [0.3, 0.4) is 0 Å². The lowest BCUT2D eigenvalue weighted by Crippen LogP contribution is -2.06. The minimum Gasteiger partial charge on any atom is -0.485 e. The first-order valence-electron chi connectivity index (χ1n) is 4.31. The summed E-state index contributed by atoms with van der Waals surface area (Å²) in [5, 5.41) is 0. The summed E-state index contributed by atoms with van der Waals surface area (Å²) in [4.78, 5) is 3.52. The molecular weight excluding hydrogens is 171 g/mol. The maximum Gasteiger partial charge on any atom is 0.255 e. The molecule has 0 spiro atoms. The van der Waals surface area contributed by atoms with Gasteiger partial charge in [0.25, 0.3) is 5.95 Å². The van der Waals surface area contributed by atoms with Crippen molar-refractivity contribution in [2.45, 2.75) is 25.5 Å². The zero-order chi connectivity index (χ0) is 9.26. The number of nitrogens with zero attached hydrogens (tertiary/aromatic N) is 1. The SMILES string of the molecule is NCc1ccnc(F)c1OC1CC1. The van der Waals surface area contributed by atoms with Gasteiger partial charge in [0.15, 0.2) is 5.75 Å². The van der Waals surface area contributed by atoms with Crippen molar-refractivity contribution in [3.05, 3.63) is 23.8 Å². The van der Waals surface area contributed by atoms with Gasteiger partial charge in [0.2, 0.25) is 0 Å². The third-order valence-electron chi connectivity index (χ3n) is 1.97. The molecule has 0 saturated heterocycles. The standard InChI is InChI=1S/C9H11FN2O/c10-9-8(13-7-1-2-7)6(5-11)3-4-12-9/h3-4,7H,1-2,5,11H2. The molecule has 0 unspecified atom stereocenters. The summed E-state index contributed by atoms with van der Waals surface area (Å²) < 4.78 is 18.5. The van der Waals surface area contributed by atoms with Crippen LogP contribution in [0.4, 0.5) is 4.39 Å². The van der Waals surface area contributed by atoms with Crippen LogP contribution in [0.15, 0.2) is 12.3 Å². The third-order valence-corrected chi connectivity index (χ3v) is 1.97. The molecule has 2 N–H and O–H groups in total. The molecule has 1 fully saturated rings. The molecule has 13 heavy (non-hydrogen) atoms. The van der Waals surface area contributed by atoms with E-state index in [4.69, 9.17) is 10.5 Å². The summed E-state index contributed by atoms with van der Waals surface area (Å²) in [5.74, 6) is -0.331. The molecule has 1 heterocycles. The van der Waals surface area contributed by atoms with E-state index in [1.54, 1.807) is 6.07 Å². The number of nitrogens with two attached hydrogens (primary N) is 1. The quantitative estimate of drug-likeness (QED) is 0.715. The van der Waals surface area contributed by atoms with Crippen LogP contribution in [0.25, 0.3) is 0 Å². The highest BCUT2D eigenvalue weighted by Crippen LogP contribution is 2.30. The Morgan fingerprint density at radius 1 is 1.62 bits per heavy atom. The Bertz CT molecular complexity index is 312. The summed E-state index contributed by atoms with van der Waals surface area (Å²) in [6.45, 7) is 0.279. The van der Waals surface area contributed by atoms with E-state index in [-0.39, 0.29) is 18.4 Å². The van der Waals surface area contributed by atoms with Crippen molar-refractivity contribution in [1.29, 1.82) is 0 Å². The molecule has 0 aromatic carbocycles. The third kappa shape index (κ3) is 1.78. The van der Waals surface area contributed by atoms with Gasteiger partial charge < -0.3 is 10.5 Å². The molecule has 0 amide bonds. The highest BCUT2D eigenvalue weighted by molar-refractivity contribution is 5.31. The second kappa shape index (κ2) is 3.30. The molecule has 0 atom stereocenters. The van der Waals surface area contributed by atoms with Gasteiger partial charge in [0.05, 0.1) is 6.10 Å². The Balaban J connectivity index is 2.27. The maximum atomic E-state index is 13.1. The van der Waals surface area contributed by atoms with Crippen molar-refractivity contribution in [2.24, 2.45) is 5.73 Å². The number of pyridine rings is 1. The molecule has 1 saturated carbocycles. The minimum atomic E-state index is -0.560. The van der Waals surface area contributed by atoms with Crippen molar-refractivity contribution >= 4 is 0 Å². The number of ether oxygens (including phenoxy) is 1. The predicted molar refractivity (Wildman–Crippen MR) is 45.7 cm³/mol. The normalized spacial score (nSPS) is 15.8. The molecular formula is C9H11FN2O. The van der Waals surface area contributed by atoms with Gasteiger partial charge in [0.1, 0.15) is 0 Å². The monoisotopic (exact) mass is 182 g/mol. The van der Waals surface area contributed by atoms with Crippen LogP contribution in [0.1, 0.15) is 18.4 Å². The van der Waals surface area contributed by atoms with Gasteiger partial charge in [-0.1, -0.05) is 0 Å². The molecule has 0 radical (unpaired) electrons. The van der Waals surface area contributed by atoms with Crippen LogP contribution >= 0.6 is 0 Å². The fraction of sp³-hybridized carbons (Fsp3) is 0.444. The summed E-state index contributed by atoms with van der Waals surface area (Å²) in [6.07, 6.45) is 3.57. The van der Waals surface area contributed by atoms with Crippen molar-refractivity contribution in [1.82, 2.24) is 4.98 Å². The van der Waals surface area contributed by atoms with E-state index in [9.17, 15) is 4.39 Å². The van der Waals surface area contributed by atoms with Crippen LogP contribution in [0.5, 0.6) is 5.75 Å². The van der Waals surface area contributed by atoms with E-state index >= 15 is 0 Å². The molecule has 1 aromatic rings. The molecule has 3 nitrogen and oxygen atoms in total. The van der Waals surface area contributed by atoms with Crippen molar-refractivity contribution in [2.75, 3.05) is 0 Å². The Morgan fingerprint density at radius 3 is 3.00 bits per heavy atom. The smallest absolute Gasteiger partial charge is 0.255 e. The van der Waals surface area contributed by atoms with Gasteiger partial charge in [-0.25, -0.2) is 4.98 Å². The highest BCUT2D eigenvalue weighted by atomic mass is 19.1. The number of rotatable bonds is 3. The Morgan fingerprint density at radius 2 is 2.38 bits per heavy atom. The largest absolute Gasteiger partial charge is 0.485 e. The fourth-order valence-corrected chi connectivity index (χ4v) is 1.10. The summed E-state index contributed by atoms with van der Waals surface area (Å²) in [5.41, 5.74) is 6.12. The first-order valence-corrected chi connectivity index (χ1v) is 4.31. The van der Waals surface area contributed by atoms with E-state index in [0.29, 0.717) is 5.56 Å². The fourth-order valence-electron chi connectivity index (χ4n) is 1.10. The van der Waals surface area contributed by atoms with Crippen molar-refractivity contribution in [3.8, 4) is 5.75 Å². The lowest BCUT2D eigenvalue weighted by Gasteiger charge is -2.08. The first kappa shape index (κ1) is 8.44. The summed E-state index contributed by atoms with van der Waals surface area (Å²) >= 11 is 0. The average molecular weight is 182 g/mol. The number of halogens is 1. The Kier molecular flexibility index (Phi) is 2.14. The van der Waals surface area contributed by atoms with Crippen molar-refractivity contribution in [3.63, 3.8) is 0 Å². The van der Waals surface area contributed by atoms with Crippen LogP contribution < -0.4 is 10.5 Å². The Labute approximate surface area is 75.7 Å². The molecule has 1 aliphatic rings. The second-order valence-electron chi connectivity index (χ2n) is 3.11. The van der Waals surface area contributed by atoms with E-state index < -0.39 is 5.95 Å². The van der Waals surface area contributed by atoms with E-state index in [2.05, 4.69) is 4.98 Å². The van der Waals surface area contributed by atoms with Gasteiger partial charge in [-0.2, -0.15) is 4.39 Å². The molecule has 1 aliphatic carbocycles. The lowest BCUT2D eigenvalue weighted by molar-refractivity contribution is 0.280. The molecule has 4 heteroatoms. The molecule has 70 valence electrons. The number of hydrogen-bond donors (Lipinski definition) is 1. The van der Waals surface area contributed by atoms with Crippen LogP contribution in [-0.4, -0.2) is 11.1 Å². The van der Waals surface area contributed by atoms with E-state index in [0.717, 1.165) is 12.8 Å². The highest BCUT2D eigenvalue weighted by Gasteiger charge is 2.26.